The molecule has 0 fully saturated rings. The van der Waals surface area contributed by atoms with Gasteiger partial charge in [-0.3, -0.25) is 4.79 Å². The first-order valence-corrected chi connectivity index (χ1v) is 9.10. The standard InChI is InChI=1S/C23H25NO3/c1-16(19-12-11-17-7-4-5-8-20(17)15-19)24-22(25)14-13-18-9-6-10-21(26-2)23(18)27-3/h4-12,15-16H,13-14H2,1-3H3,(H,24,25). The third-order valence-electron chi connectivity index (χ3n) is 4.76. The first kappa shape index (κ1) is 18.8. The summed E-state index contributed by atoms with van der Waals surface area (Å²) in [6.45, 7) is 2.01. The molecule has 3 aromatic rings. The topological polar surface area (TPSA) is 47.6 Å². The molecule has 0 saturated heterocycles. The van der Waals surface area contributed by atoms with Gasteiger partial charge in [-0.1, -0.05) is 48.5 Å². The summed E-state index contributed by atoms with van der Waals surface area (Å²) < 4.78 is 10.7. The van der Waals surface area contributed by atoms with Crippen LogP contribution in [0.3, 0.4) is 0 Å². The van der Waals surface area contributed by atoms with Crippen LogP contribution >= 0.6 is 0 Å². The monoisotopic (exact) mass is 363 g/mol. The maximum absolute atomic E-state index is 12.4. The van der Waals surface area contributed by atoms with Crippen molar-refractivity contribution in [3.63, 3.8) is 0 Å². The molecule has 0 aliphatic heterocycles. The van der Waals surface area contributed by atoms with E-state index in [2.05, 4.69) is 35.6 Å². The molecule has 1 amide bonds. The predicted molar refractivity (Wildman–Crippen MR) is 108 cm³/mol. The summed E-state index contributed by atoms with van der Waals surface area (Å²) in [4.78, 5) is 12.4. The predicted octanol–water partition coefficient (Wildman–Crippen LogP) is 4.67. The maximum atomic E-state index is 12.4. The van der Waals surface area contributed by atoms with E-state index in [4.69, 9.17) is 9.47 Å². The number of fused-ring (bicyclic) bond motifs is 1. The number of para-hydroxylation sites is 1. The highest BCUT2D eigenvalue weighted by atomic mass is 16.5. The van der Waals surface area contributed by atoms with Crippen molar-refractivity contribution in [2.75, 3.05) is 14.2 Å². The van der Waals surface area contributed by atoms with Crippen molar-refractivity contribution in [2.45, 2.75) is 25.8 Å². The molecule has 0 saturated carbocycles. The molecule has 0 radical (unpaired) electrons. The van der Waals surface area contributed by atoms with Crippen LogP contribution in [0.15, 0.2) is 60.7 Å². The molecule has 0 spiro atoms. The molecule has 0 heterocycles. The second kappa shape index (κ2) is 8.58. The van der Waals surface area contributed by atoms with E-state index >= 15 is 0 Å². The first-order valence-electron chi connectivity index (χ1n) is 9.10. The number of methoxy groups -OCH3 is 2. The van der Waals surface area contributed by atoms with Gasteiger partial charge in [-0.25, -0.2) is 0 Å². The minimum Gasteiger partial charge on any atom is -0.493 e. The Bertz CT molecular complexity index is 936. The number of hydrogen-bond acceptors (Lipinski definition) is 3. The summed E-state index contributed by atoms with van der Waals surface area (Å²) in [7, 11) is 3.23. The van der Waals surface area contributed by atoms with Crippen molar-refractivity contribution < 1.29 is 14.3 Å². The van der Waals surface area contributed by atoms with Crippen molar-refractivity contribution in [3.8, 4) is 11.5 Å². The largest absolute Gasteiger partial charge is 0.493 e. The Morgan fingerprint density at radius 1 is 0.963 bits per heavy atom. The van der Waals surface area contributed by atoms with Gasteiger partial charge < -0.3 is 14.8 Å². The van der Waals surface area contributed by atoms with E-state index in [1.807, 2.05) is 37.3 Å². The average Bonchev–Trinajstić information content (AvgIpc) is 2.71. The fraction of sp³-hybridized carbons (Fsp3) is 0.261. The van der Waals surface area contributed by atoms with Crippen LogP contribution in [-0.2, 0) is 11.2 Å². The number of carbonyl (C=O) groups excluding carboxylic acids is 1. The number of aryl methyl sites for hydroxylation is 1. The highest BCUT2D eigenvalue weighted by Gasteiger charge is 2.13. The average molecular weight is 363 g/mol. The van der Waals surface area contributed by atoms with Gasteiger partial charge in [-0.2, -0.15) is 0 Å². The molecular weight excluding hydrogens is 338 g/mol. The maximum Gasteiger partial charge on any atom is 0.220 e. The molecule has 27 heavy (non-hydrogen) atoms. The molecule has 1 atom stereocenters. The van der Waals surface area contributed by atoms with E-state index in [0.29, 0.717) is 24.3 Å². The zero-order valence-corrected chi connectivity index (χ0v) is 16.0. The van der Waals surface area contributed by atoms with E-state index in [-0.39, 0.29) is 11.9 Å². The Balaban J connectivity index is 1.63. The molecule has 1 unspecified atom stereocenters. The molecule has 140 valence electrons. The third kappa shape index (κ3) is 4.40. The van der Waals surface area contributed by atoms with Gasteiger partial charge >= 0.3 is 0 Å². The number of carbonyl (C=O) groups is 1. The fourth-order valence-electron chi connectivity index (χ4n) is 3.27. The molecule has 0 bridgehead atoms. The molecule has 0 aromatic heterocycles. The van der Waals surface area contributed by atoms with Crippen molar-refractivity contribution in [1.29, 1.82) is 0 Å². The van der Waals surface area contributed by atoms with Crippen LogP contribution in [0.4, 0.5) is 0 Å². The van der Waals surface area contributed by atoms with Gasteiger partial charge in [0.2, 0.25) is 5.91 Å². The summed E-state index contributed by atoms with van der Waals surface area (Å²) in [5.41, 5.74) is 2.06. The molecule has 3 rings (SSSR count). The number of rotatable bonds is 7. The lowest BCUT2D eigenvalue weighted by atomic mass is 10.0. The lowest BCUT2D eigenvalue weighted by molar-refractivity contribution is -0.121. The van der Waals surface area contributed by atoms with Gasteiger partial charge in [0.05, 0.1) is 20.3 Å². The van der Waals surface area contributed by atoms with Gasteiger partial charge in [-0.05, 0) is 47.4 Å². The third-order valence-corrected chi connectivity index (χ3v) is 4.76. The van der Waals surface area contributed by atoms with Gasteiger partial charge in [0.25, 0.3) is 0 Å². The molecule has 3 aromatic carbocycles. The molecule has 4 nitrogen and oxygen atoms in total. The van der Waals surface area contributed by atoms with Gasteiger partial charge in [0.15, 0.2) is 11.5 Å². The van der Waals surface area contributed by atoms with Crippen molar-refractivity contribution in [3.05, 3.63) is 71.8 Å². The molecular formula is C23H25NO3. The molecule has 4 heteroatoms. The Kier molecular flexibility index (Phi) is 5.97. The first-order chi connectivity index (χ1) is 13.1. The minimum absolute atomic E-state index is 0.0144. The lowest BCUT2D eigenvalue weighted by Crippen LogP contribution is -2.26. The second-order valence-electron chi connectivity index (χ2n) is 6.55. The number of benzene rings is 3. The van der Waals surface area contributed by atoms with Crippen LogP contribution in [0.2, 0.25) is 0 Å². The van der Waals surface area contributed by atoms with Crippen LogP contribution in [-0.4, -0.2) is 20.1 Å². The summed E-state index contributed by atoms with van der Waals surface area (Å²) in [6.07, 6.45) is 0.984. The van der Waals surface area contributed by atoms with E-state index in [1.54, 1.807) is 14.2 Å². The Labute approximate surface area is 160 Å². The van der Waals surface area contributed by atoms with Crippen LogP contribution in [0, 0.1) is 0 Å². The van der Waals surface area contributed by atoms with E-state index in [9.17, 15) is 4.79 Å². The minimum atomic E-state index is -0.0469. The molecule has 1 N–H and O–H groups in total. The SMILES string of the molecule is COc1cccc(CCC(=O)NC(C)c2ccc3ccccc3c2)c1OC. The normalized spacial score (nSPS) is 11.8. The van der Waals surface area contributed by atoms with Gasteiger partial charge in [0, 0.05) is 6.42 Å². The van der Waals surface area contributed by atoms with Gasteiger partial charge in [0.1, 0.15) is 0 Å². The number of hydrogen-bond donors (Lipinski definition) is 1. The summed E-state index contributed by atoms with van der Waals surface area (Å²) in [5, 5.41) is 5.46. The zero-order chi connectivity index (χ0) is 19.2. The fourth-order valence-corrected chi connectivity index (χ4v) is 3.27. The highest BCUT2D eigenvalue weighted by molar-refractivity contribution is 5.83. The van der Waals surface area contributed by atoms with Crippen LogP contribution in [0.1, 0.15) is 30.5 Å². The van der Waals surface area contributed by atoms with E-state index in [1.165, 1.54) is 10.8 Å². The van der Waals surface area contributed by atoms with Crippen molar-refractivity contribution in [1.82, 2.24) is 5.32 Å². The summed E-state index contributed by atoms with van der Waals surface area (Å²) >= 11 is 0. The smallest absolute Gasteiger partial charge is 0.220 e. The van der Waals surface area contributed by atoms with Crippen molar-refractivity contribution >= 4 is 16.7 Å². The molecule has 0 aliphatic rings. The van der Waals surface area contributed by atoms with Crippen LogP contribution in [0.5, 0.6) is 11.5 Å². The van der Waals surface area contributed by atoms with Crippen molar-refractivity contribution in [2.24, 2.45) is 0 Å². The Morgan fingerprint density at radius 2 is 1.74 bits per heavy atom. The van der Waals surface area contributed by atoms with Crippen LogP contribution in [0.25, 0.3) is 10.8 Å². The van der Waals surface area contributed by atoms with Crippen LogP contribution < -0.4 is 14.8 Å². The number of ether oxygens (including phenoxy) is 2. The lowest BCUT2D eigenvalue weighted by Gasteiger charge is -2.16. The quantitative estimate of drug-likeness (QED) is 0.664. The van der Waals surface area contributed by atoms with E-state index in [0.717, 1.165) is 11.1 Å². The second-order valence-corrected chi connectivity index (χ2v) is 6.55. The Morgan fingerprint density at radius 3 is 2.48 bits per heavy atom. The van der Waals surface area contributed by atoms with Gasteiger partial charge in [-0.15, -0.1) is 0 Å². The summed E-state index contributed by atoms with van der Waals surface area (Å²) in [6, 6.07) is 20.2. The Hall–Kier alpha value is -3.01. The molecule has 0 aliphatic carbocycles. The number of nitrogens with one attached hydrogen (secondary N) is 1. The zero-order valence-electron chi connectivity index (χ0n) is 16.0. The van der Waals surface area contributed by atoms with E-state index < -0.39 is 0 Å². The highest BCUT2D eigenvalue weighted by Crippen LogP contribution is 2.31. The summed E-state index contributed by atoms with van der Waals surface area (Å²) in [5.74, 6) is 1.39. The number of amides is 1.